The van der Waals surface area contributed by atoms with E-state index in [9.17, 15) is 0 Å². The molecule has 4 heteroatoms. The monoisotopic (exact) mass is 321 g/mol. The molecular weight excluding hydrogens is 305 g/mol. The molecule has 2 aromatic carbocycles. The van der Waals surface area contributed by atoms with Gasteiger partial charge in [0.25, 0.3) is 0 Å². The third kappa shape index (κ3) is 3.70. The predicted molar refractivity (Wildman–Crippen MR) is 87.6 cm³/mol. The van der Waals surface area contributed by atoms with Crippen molar-refractivity contribution in [3.63, 3.8) is 0 Å². The first kappa shape index (κ1) is 14.7. The number of ether oxygens (including phenoxy) is 1. The highest BCUT2D eigenvalue weighted by molar-refractivity contribution is 6.32. The summed E-state index contributed by atoms with van der Waals surface area (Å²) in [5.74, 6) is 1.45. The Balaban J connectivity index is 1.87. The van der Waals surface area contributed by atoms with Gasteiger partial charge in [-0.05, 0) is 43.5 Å². The Labute approximate surface area is 135 Å². The topological polar surface area (TPSA) is 21.3 Å². The SMILES string of the molecule is Cc1ccc(Cl)cc1Oc1c(Cl)cccc1CNC1CC1. The molecule has 0 radical (unpaired) electrons. The van der Waals surface area contributed by atoms with E-state index in [4.69, 9.17) is 27.9 Å². The van der Waals surface area contributed by atoms with Gasteiger partial charge in [-0.3, -0.25) is 0 Å². The molecule has 1 aliphatic carbocycles. The molecule has 0 amide bonds. The van der Waals surface area contributed by atoms with Gasteiger partial charge in [0.2, 0.25) is 0 Å². The van der Waals surface area contributed by atoms with E-state index in [0.717, 1.165) is 23.4 Å². The number of nitrogens with one attached hydrogen (secondary N) is 1. The van der Waals surface area contributed by atoms with E-state index in [1.54, 1.807) is 0 Å². The average Bonchev–Trinajstić information content (AvgIpc) is 3.27. The molecule has 0 aromatic heterocycles. The van der Waals surface area contributed by atoms with Crippen LogP contribution < -0.4 is 10.1 Å². The fraction of sp³-hybridized carbons (Fsp3) is 0.294. The Morgan fingerprint density at radius 1 is 1.19 bits per heavy atom. The molecule has 0 saturated heterocycles. The third-order valence-electron chi connectivity index (χ3n) is 3.57. The molecule has 2 nitrogen and oxygen atoms in total. The van der Waals surface area contributed by atoms with Gasteiger partial charge < -0.3 is 10.1 Å². The second-order valence-electron chi connectivity index (χ2n) is 5.40. The van der Waals surface area contributed by atoms with Crippen LogP contribution >= 0.6 is 23.2 Å². The number of hydrogen-bond acceptors (Lipinski definition) is 2. The summed E-state index contributed by atoms with van der Waals surface area (Å²) in [6.07, 6.45) is 2.51. The molecule has 0 atom stereocenters. The first-order chi connectivity index (χ1) is 10.1. The van der Waals surface area contributed by atoms with Gasteiger partial charge in [-0.2, -0.15) is 0 Å². The average molecular weight is 322 g/mol. The molecule has 2 aromatic rings. The smallest absolute Gasteiger partial charge is 0.150 e. The maximum absolute atomic E-state index is 6.32. The number of rotatable bonds is 5. The zero-order valence-corrected chi connectivity index (χ0v) is 13.3. The van der Waals surface area contributed by atoms with Crippen molar-refractivity contribution < 1.29 is 4.74 Å². The Kier molecular flexibility index (Phi) is 4.39. The molecule has 1 saturated carbocycles. The van der Waals surface area contributed by atoms with Crippen LogP contribution in [0.3, 0.4) is 0 Å². The normalized spacial score (nSPS) is 14.2. The molecule has 0 unspecified atom stereocenters. The van der Waals surface area contributed by atoms with Crippen molar-refractivity contribution in [2.24, 2.45) is 0 Å². The van der Waals surface area contributed by atoms with Crippen LogP contribution in [0.5, 0.6) is 11.5 Å². The van der Waals surface area contributed by atoms with E-state index in [0.29, 0.717) is 21.8 Å². The largest absolute Gasteiger partial charge is 0.455 e. The number of aryl methyl sites for hydroxylation is 1. The minimum absolute atomic E-state index is 0.615. The van der Waals surface area contributed by atoms with Crippen molar-refractivity contribution >= 4 is 23.2 Å². The fourth-order valence-electron chi connectivity index (χ4n) is 2.14. The molecular formula is C17H17Cl2NO. The van der Waals surface area contributed by atoms with Crippen LogP contribution in [0.15, 0.2) is 36.4 Å². The van der Waals surface area contributed by atoms with Gasteiger partial charge in [-0.1, -0.05) is 41.4 Å². The lowest BCUT2D eigenvalue weighted by atomic mass is 10.2. The molecule has 1 aliphatic rings. The standard InChI is InChI=1S/C17H17Cl2NO/c1-11-5-6-13(18)9-16(11)21-17-12(3-2-4-15(17)19)10-20-14-7-8-14/h2-6,9,14,20H,7-8,10H2,1H3. The molecule has 0 spiro atoms. The van der Waals surface area contributed by atoms with Crippen molar-refractivity contribution in [2.75, 3.05) is 0 Å². The van der Waals surface area contributed by atoms with Crippen LogP contribution in [0, 0.1) is 6.92 Å². The van der Waals surface area contributed by atoms with Crippen molar-refractivity contribution in [3.8, 4) is 11.5 Å². The summed E-state index contributed by atoms with van der Waals surface area (Å²) in [4.78, 5) is 0. The van der Waals surface area contributed by atoms with Crippen molar-refractivity contribution in [1.82, 2.24) is 5.32 Å². The Bertz CT molecular complexity index is 653. The minimum atomic E-state index is 0.615. The van der Waals surface area contributed by atoms with Crippen LogP contribution in [-0.4, -0.2) is 6.04 Å². The fourth-order valence-corrected chi connectivity index (χ4v) is 2.54. The highest BCUT2D eigenvalue weighted by atomic mass is 35.5. The second kappa shape index (κ2) is 6.27. The zero-order valence-electron chi connectivity index (χ0n) is 11.8. The Morgan fingerprint density at radius 2 is 2.00 bits per heavy atom. The van der Waals surface area contributed by atoms with E-state index >= 15 is 0 Å². The quantitative estimate of drug-likeness (QED) is 0.801. The summed E-state index contributed by atoms with van der Waals surface area (Å²) >= 11 is 12.4. The van der Waals surface area contributed by atoms with Gasteiger partial charge >= 0.3 is 0 Å². The number of para-hydroxylation sites is 1. The number of benzene rings is 2. The van der Waals surface area contributed by atoms with E-state index < -0.39 is 0 Å². The van der Waals surface area contributed by atoms with Crippen LogP contribution in [0.2, 0.25) is 10.0 Å². The Hall–Kier alpha value is -1.22. The zero-order chi connectivity index (χ0) is 14.8. The summed E-state index contributed by atoms with van der Waals surface area (Å²) in [6, 6.07) is 12.1. The molecule has 110 valence electrons. The van der Waals surface area contributed by atoms with Crippen molar-refractivity contribution in [1.29, 1.82) is 0 Å². The van der Waals surface area contributed by atoms with Gasteiger partial charge in [-0.15, -0.1) is 0 Å². The van der Waals surface area contributed by atoms with Gasteiger partial charge in [0.05, 0.1) is 5.02 Å². The molecule has 0 heterocycles. The highest BCUT2D eigenvalue weighted by Gasteiger charge is 2.21. The van der Waals surface area contributed by atoms with E-state index in [2.05, 4.69) is 5.32 Å². The van der Waals surface area contributed by atoms with Crippen molar-refractivity contribution in [2.45, 2.75) is 32.4 Å². The molecule has 0 aliphatic heterocycles. The maximum atomic E-state index is 6.32. The van der Waals surface area contributed by atoms with Crippen LogP contribution in [0.25, 0.3) is 0 Å². The molecule has 0 bridgehead atoms. The lowest BCUT2D eigenvalue weighted by Gasteiger charge is -2.15. The first-order valence-corrected chi connectivity index (χ1v) is 7.84. The maximum Gasteiger partial charge on any atom is 0.150 e. The van der Waals surface area contributed by atoms with Crippen molar-refractivity contribution in [3.05, 3.63) is 57.6 Å². The minimum Gasteiger partial charge on any atom is -0.455 e. The summed E-state index contributed by atoms with van der Waals surface area (Å²) in [5.41, 5.74) is 2.09. The van der Waals surface area contributed by atoms with Crippen LogP contribution in [-0.2, 0) is 6.54 Å². The third-order valence-corrected chi connectivity index (χ3v) is 4.10. The number of hydrogen-bond donors (Lipinski definition) is 1. The summed E-state index contributed by atoms with van der Waals surface area (Å²) in [6.45, 7) is 2.75. The van der Waals surface area contributed by atoms with Gasteiger partial charge in [0, 0.05) is 23.2 Å². The molecule has 21 heavy (non-hydrogen) atoms. The van der Waals surface area contributed by atoms with E-state index in [-0.39, 0.29) is 0 Å². The van der Waals surface area contributed by atoms with Gasteiger partial charge in [0.15, 0.2) is 5.75 Å². The molecule has 1 fully saturated rings. The lowest BCUT2D eigenvalue weighted by molar-refractivity contribution is 0.469. The van der Waals surface area contributed by atoms with E-state index in [1.165, 1.54) is 12.8 Å². The number of halogens is 2. The molecule has 1 N–H and O–H groups in total. The lowest BCUT2D eigenvalue weighted by Crippen LogP contribution is -2.15. The summed E-state index contributed by atoms with van der Waals surface area (Å²) < 4.78 is 6.05. The highest BCUT2D eigenvalue weighted by Crippen LogP contribution is 2.35. The predicted octanol–water partition coefficient (Wildman–Crippen LogP) is 5.35. The van der Waals surface area contributed by atoms with Gasteiger partial charge in [-0.25, -0.2) is 0 Å². The van der Waals surface area contributed by atoms with Gasteiger partial charge in [0.1, 0.15) is 5.75 Å². The summed E-state index contributed by atoms with van der Waals surface area (Å²) in [7, 11) is 0. The van der Waals surface area contributed by atoms with E-state index in [1.807, 2.05) is 43.3 Å². The first-order valence-electron chi connectivity index (χ1n) is 7.08. The molecule has 3 rings (SSSR count). The van der Waals surface area contributed by atoms with Crippen LogP contribution in [0.1, 0.15) is 24.0 Å². The summed E-state index contributed by atoms with van der Waals surface area (Å²) in [5, 5.41) is 4.76. The Morgan fingerprint density at radius 3 is 2.76 bits per heavy atom. The van der Waals surface area contributed by atoms with Crippen LogP contribution in [0.4, 0.5) is 0 Å². The second-order valence-corrected chi connectivity index (χ2v) is 6.24.